The minimum atomic E-state index is 1.17. The number of hydrogen-bond acceptors (Lipinski definition) is 0. The molecule has 0 N–H and O–H groups in total. The molecule has 0 fully saturated rings. The summed E-state index contributed by atoms with van der Waals surface area (Å²) in [5, 5.41) is 0. The van der Waals surface area contributed by atoms with E-state index in [9.17, 15) is 0 Å². The maximum absolute atomic E-state index is 2.35. The average Bonchev–Trinajstić information content (AvgIpc) is 1.92. The molecule has 52 valence electrons. The summed E-state index contributed by atoms with van der Waals surface area (Å²) < 4.78 is 0. The molecular formula is C10H12. The molecule has 0 amide bonds. The minimum Gasteiger partial charge on any atom is -0.0613 e. The van der Waals surface area contributed by atoms with E-state index in [0.717, 1.165) is 0 Å². The normalized spacial score (nSPS) is 14.1. The van der Waals surface area contributed by atoms with Gasteiger partial charge in [0.2, 0.25) is 0 Å². The van der Waals surface area contributed by atoms with E-state index >= 15 is 0 Å². The Kier molecular flexibility index (Phi) is 1.26. The Hall–Kier alpha value is -0.780. The summed E-state index contributed by atoms with van der Waals surface area (Å²) in [6.07, 6.45) is 3.79. The van der Waals surface area contributed by atoms with Crippen molar-refractivity contribution in [3.63, 3.8) is 0 Å². The Morgan fingerprint density at radius 1 is 1.20 bits per heavy atom. The Balaban J connectivity index is 2.42. The lowest BCUT2D eigenvalue weighted by Gasteiger charge is -2.18. The fraction of sp³-hybridized carbons (Fsp3) is 0.400. The van der Waals surface area contributed by atoms with Gasteiger partial charge >= 0.3 is 0 Å². The first kappa shape index (κ1) is 5.96. The van der Waals surface area contributed by atoms with Crippen LogP contribution in [0.2, 0.25) is 0 Å². The number of aryl methyl sites for hydroxylation is 3. The van der Waals surface area contributed by atoms with Gasteiger partial charge in [-0.25, -0.2) is 0 Å². The van der Waals surface area contributed by atoms with Crippen LogP contribution in [0, 0.1) is 0 Å². The average molecular weight is 132 g/mol. The highest BCUT2D eigenvalue weighted by molar-refractivity contribution is 5.38. The fourth-order valence-corrected chi connectivity index (χ4v) is 1.47. The molecule has 0 radical (unpaired) electrons. The largest absolute Gasteiger partial charge is 0.0613 e. The molecule has 10 heavy (non-hydrogen) atoms. The van der Waals surface area contributed by atoms with Crippen LogP contribution in [-0.2, 0) is 19.3 Å². The first-order chi connectivity index (χ1) is 4.90. The highest BCUT2D eigenvalue weighted by Crippen LogP contribution is 2.23. The van der Waals surface area contributed by atoms with Gasteiger partial charge < -0.3 is 0 Å². The van der Waals surface area contributed by atoms with E-state index in [2.05, 4.69) is 25.1 Å². The predicted molar refractivity (Wildman–Crippen MR) is 43.2 cm³/mol. The van der Waals surface area contributed by atoms with Gasteiger partial charge in [-0.15, -0.1) is 0 Å². The fourth-order valence-electron chi connectivity index (χ4n) is 1.47. The predicted octanol–water partition coefficient (Wildman–Crippen LogP) is 2.35. The quantitative estimate of drug-likeness (QED) is 0.550. The molecule has 0 heterocycles. The second kappa shape index (κ2) is 2.12. The Labute approximate surface area is 61.9 Å². The van der Waals surface area contributed by atoms with Crippen molar-refractivity contribution in [3.8, 4) is 0 Å². The van der Waals surface area contributed by atoms with E-state index in [1.54, 1.807) is 11.1 Å². The molecule has 0 bridgehead atoms. The summed E-state index contributed by atoms with van der Waals surface area (Å²) >= 11 is 0. The lowest BCUT2D eigenvalue weighted by molar-refractivity contribution is 0.833. The van der Waals surface area contributed by atoms with Crippen LogP contribution in [0.3, 0.4) is 0 Å². The van der Waals surface area contributed by atoms with Crippen LogP contribution in [0.5, 0.6) is 0 Å². The van der Waals surface area contributed by atoms with Gasteiger partial charge in [-0.1, -0.05) is 25.1 Å². The molecule has 0 aliphatic heterocycles. The van der Waals surface area contributed by atoms with Gasteiger partial charge in [0.1, 0.15) is 0 Å². The van der Waals surface area contributed by atoms with Gasteiger partial charge in [-0.05, 0) is 36.0 Å². The zero-order chi connectivity index (χ0) is 6.97. The molecule has 1 aliphatic rings. The molecule has 1 aromatic rings. The molecule has 0 unspecified atom stereocenters. The minimum absolute atomic E-state index is 1.17. The topological polar surface area (TPSA) is 0 Å². The van der Waals surface area contributed by atoms with Crippen LogP contribution < -0.4 is 0 Å². The van der Waals surface area contributed by atoms with Gasteiger partial charge in [0.25, 0.3) is 0 Å². The molecule has 0 atom stereocenters. The molecular weight excluding hydrogens is 120 g/mol. The summed E-state index contributed by atoms with van der Waals surface area (Å²) in [7, 11) is 0. The first-order valence-corrected chi connectivity index (χ1v) is 4.01. The third-order valence-corrected chi connectivity index (χ3v) is 2.34. The zero-order valence-corrected chi connectivity index (χ0v) is 6.35. The Morgan fingerprint density at radius 2 is 2.00 bits per heavy atom. The van der Waals surface area contributed by atoms with Gasteiger partial charge in [0.05, 0.1) is 0 Å². The van der Waals surface area contributed by atoms with Gasteiger partial charge in [-0.3, -0.25) is 0 Å². The molecule has 0 aromatic heterocycles. The van der Waals surface area contributed by atoms with Crippen LogP contribution >= 0.6 is 0 Å². The van der Waals surface area contributed by atoms with Crippen LogP contribution in [0.15, 0.2) is 18.2 Å². The summed E-state index contributed by atoms with van der Waals surface area (Å²) in [5.74, 6) is 0. The van der Waals surface area contributed by atoms with E-state index in [1.165, 1.54) is 24.8 Å². The summed E-state index contributed by atoms with van der Waals surface area (Å²) in [5.41, 5.74) is 4.63. The smallest absolute Gasteiger partial charge is 0.0235 e. The van der Waals surface area contributed by atoms with Crippen LogP contribution in [0.25, 0.3) is 0 Å². The second-order valence-corrected chi connectivity index (χ2v) is 2.96. The lowest BCUT2D eigenvalue weighted by atomic mass is 9.87. The van der Waals surface area contributed by atoms with E-state index in [-0.39, 0.29) is 0 Å². The molecule has 1 aromatic carbocycles. The van der Waals surface area contributed by atoms with E-state index in [0.29, 0.717) is 0 Å². The van der Waals surface area contributed by atoms with Crippen molar-refractivity contribution < 1.29 is 0 Å². The molecule has 0 heteroatoms. The number of fused-ring (bicyclic) bond motifs is 1. The molecule has 0 saturated carbocycles. The second-order valence-electron chi connectivity index (χ2n) is 2.96. The first-order valence-electron chi connectivity index (χ1n) is 4.01. The maximum Gasteiger partial charge on any atom is -0.0235 e. The number of rotatable bonds is 1. The van der Waals surface area contributed by atoms with E-state index in [4.69, 9.17) is 0 Å². The van der Waals surface area contributed by atoms with Gasteiger partial charge in [0, 0.05) is 0 Å². The zero-order valence-electron chi connectivity index (χ0n) is 6.35. The van der Waals surface area contributed by atoms with Crippen molar-refractivity contribution in [1.82, 2.24) is 0 Å². The molecule has 0 nitrogen and oxygen atoms in total. The summed E-state index contributed by atoms with van der Waals surface area (Å²) in [4.78, 5) is 0. The van der Waals surface area contributed by atoms with Crippen molar-refractivity contribution in [2.45, 2.75) is 26.2 Å². The SMILES string of the molecule is CCc1ccc2c(c1)CC2. The highest BCUT2D eigenvalue weighted by atomic mass is 14.2. The summed E-state index contributed by atoms with van der Waals surface area (Å²) in [6, 6.07) is 6.87. The maximum atomic E-state index is 2.35. The number of benzene rings is 1. The monoisotopic (exact) mass is 132 g/mol. The Bertz CT molecular complexity index is 248. The lowest BCUT2D eigenvalue weighted by Crippen LogP contribution is -2.07. The molecule has 0 saturated heterocycles. The van der Waals surface area contributed by atoms with E-state index < -0.39 is 0 Å². The van der Waals surface area contributed by atoms with Crippen molar-refractivity contribution in [3.05, 3.63) is 34.9 Å². The van der Waals surface area contributed by atoms with E-state index in [1.807, 2.05) is 0 Å². The highest BCUT2D eigenvalue weighted by Gasteiger charge is 2.11. The summed E-state index contributed by atoms with van der Waals surface area (Å²) in [6.45, 7) is 2.21. The van der Waals surface area contributed by atoms with Gasteiger partial charge in [-0.2, -0.15) is 0 Å². The van der Waals surface area contributed by atoms with Gasteiger partial charge in [0.15, 0.2) is 0 Å². The van der Waals surface area contributed by atoms with Crippen molar-refractivity contribution in [2.24, 2.45) is 0 Å². The van der Waals surface area contributed by atoms with Crippen molar-refractivity contribution in [1.29, 1.82) is 0 Å². The van der Waals surface area contributed by atoms with Crippen LogP contribution in [0.4, 0.5) is 0 Å². The van der Waals surface area contributed by atoms with Crippen molar-refractivity contribution in [2.75, 3.05) is 0 Å². The van der Waals surface area contributed by atoms with Crippen molar-refractivity contribution >= 4 is 0 Å². The van der Waals surface area contributed by atoms with Crippen LogP contribution in [-0.4, -0.2) is 0 Å². The third kappa shape index (κ3) is 0.756. The molecule has 0 spiro atoms. The standard InChI is InChI=1S/C10H12/c1-2-8-3-4-9-5-6-10(9)7-8/h3-4,7H,2,5-6H2,1H3. The van der Waals surface area contributed by atoms with Crippen LogP contribution in [0.1, 0.15) is 23.6 Å². The molecule has 2 rings (SSSR count). The molecule has 1 aliphatic carbocycles. The Morgan fingerprint density at radius 3 is 2.50 bits per heavy atom. The third-order valence-electron chi connectivity index (χ3n) is 2.34. The number of hydrogen-bond donors (Lipinski definition) is 0.